The number of aryl methyl sites for hydroxylation is 1. The Kier molecular flexibility index (Phi) is 11.8. The molecule has 1 unspecified atom stereocenters. The molecule has 0 saturated carbocycles. The van der Waals surface area contributed by atoms with Crippen LogP contribution in [0.5, 0.6) is 5.75 Å². The van der Waals surface area contributed by atoms with Crippen molar-refractivity contribution in [2.24, 2.45) is 10.9 Å². The van der Waals surface area contributed by atoms with Crippen LogP contribution >= 0.6 is 0 Å². The van der Waals surface area contributed by atoms with Crippen LogP contribution in [-0.4, -0.2) is 88.4 Å². The van der Waals surface area contributed by atoms with Crippen molar-refractivity contribution in [3.8, 4) is 5.75 Å². The molecule has 2 N–H and O–H groups in total. The number of likely N-dealkylation sites (N-methyl/N-ethyl adjacent to an activating group) is 1. The lowest BCUT2D eigenvalue weighted by Gasteiger charge is -2.40. The van der Waals surface area contributed by atoms with E-state index in [1.54, 1.807) is 7.11 Å². The molecule has 7 heteroatoms. The van der Waals surface area contributed by atoms with Crippen LogP contribution < -0.4 is 15.4 Å². The number of hydrogen-bond donors (Lipinski definition) is 2. The normalized spacial score (nSPS) is 16.9. The SMILES string of the molecule is CCNC(=NCc1ccc(C)cc1OCCCOC)NCC(C(C)C)N1CCN(C)CC1. The highest BCUT2D eigenvalue weighted by atomic mass is 16.5. The largest absolute Gasteiger partial charge is 0.493 e. The number of methoxy groups -OCH3 is 1. The van der Waals surface area contributed by atoms with Gasteiger partial charge in [-0.05, 0) is 38.4 Å². The first-order chi connectivity index (χ1) is 15.4. The summed E-state index contributed by atoms with van der Waals surface area (Å²) < 4.78 is 11.2. The monoisotopic (exact) mass is 447 g/mol. The second-order valence-electron chi connectivity index (χ2n) is 9.03. The number of ether oxygens (including phenoxy) is 2. The third kappa shape index (κ3) is 8.96. The molecule has 1 aliphatic rings. The highest BCUT2D eigenvalue weighted by Gasteiger charge is 2.25. The van der Waals surface area contributed by atoms with Gasteiger partial charge in [-0.1, -0.05) is 26.0 Å². The molecule has 0 bridgehead atoms. The van der Waals surface area contributed by atoms with Crippen LogP contribution in [0.2, 0.25) is 0 Å². The van der Waals surface area contributed by atoms with Gasteiger partial charge < -0.3 is 25.0 Å². The van der Waals surface area contributed by atoms with Crippen LogP contribution in [0.25, 0.3) is 0 Å². The van der Waals surface area contributed by atoms with Gasteiger partial charge in [0.25, 0.3) is 0 Å². The van der Waals surface area contributed by atoms with E-state index in [9.17, 15) is 0 Å². The fourth-order valence-corrected chi connectivity index (χ4v) is 3.96. The molecule has 1 atom stereocenters. The second-order valence-corrected chi connectivity index (χ2v) is 9.03. The quantitative estimate of drug-likeness (QED) is 0.292. The van der Waals surface area contributed by atoms with Gasteiger partial charge in [-0.3, -0.25) is 4.90 Å². The average Bonchev–Trinajstić information content (AvgIpc) is 2.77. The first-order valence-electron chi connectivity index (χ1n) is 12.1. The van der Waals surface area contributed by atoms with E-state index in [1.165, 1.54) is 5.56 Å². The van der Waals surface area contributed by atoms with Gasteiger partial charge in [0, 0.05) is 71.0 Å². The van der Waals surface area contributed by atoms with Crippen LogP contribution in [0.3, 0.4) is 0 Å². The third-order valence-corrected chi connectivity index (χ3v) is 5.98. The first kappa shape index (κ1) is 26.4. The highest BCUT2D eigenvalue weighted by molar-refractivity contribution is 5.79. The molecular weight excluding hydrogens is 402 g/mol. The predicted molar refractivity (Wildman–Crippen MR) is 134 cm³/mol. The third-order valence-electron chi connectivity index (χ3n) is 5.98. The molecule has 182 valence electrons. The number of nitrogens with one attached hydrogen (secondary N) is 2. The van der Waals surface area contributed by atoms with Crippen LogP contribution in [0.1, 0.15) is 38.3 Å². The van der Waals surface area contributed by atoms with E-state index >= 15 is 0 Å². The number of rotatable bonds is 12. The molecule has 0 spiro atoms. The van der Waals surface area contributed by atoms with Crippen molar-refractivity contribution in [1.82, 2.24) is 20.4 Å². The topological polar surface area (TPSA) is 61.4 Å². The molecule has 1 saturated heterocycles. The molecular formula is C25H45N5O2. The van der Waals surface area contributed by atoms with Crippen LogP contribution in [-0.2, 0) is 11.3 Å². The average molecular weight is 448 g/mol. The molecule has 0 amide bonds. The maximum Gasteiger partial charge on any atom is 0.191 e. The van der Waals surface area contributed by atoms with E-state index in [0.29, 0.717) is 31.7 Å². The van der Waals surface area contributed by atoms with Crippen molar-refractivity contribution in [3.63, 3.8) is 0 Å². The molecule has 1 heterocycles. The van der Waals surface area contributed by atoms with Crippen LogP contribution in [0.15, 0.2) is 23.2 Å². The Bertz CT molecular complexity index is 687. The van der Waals surface area contributed by atoms with Gasteiger partial charge in [-0.15, -0.1) is 0 Å². The summed E-state index contributed by atoms with van der Waals surface area (Å²) in [7, 11) is 3.92. The summed E-state index contributed by atoms with van der Waals surface area (Å²) in [6, 6.07) is 6.83. The molecule has 1 aromatic rings. The number of benzene rings is 1. The fourth-order valence-electron chi connectivity index (χ4n) is 3.96. The number of hydrogen-bond acceptors (Lipinski definition) is 5. The number of nitrogens with zero attached hydrogens (tertiary/aromatic N) is 3. The Morgan fingerprint density at radius 3 is 2.53 bits per heavy atom. The van der Waals surface area contributed by atoms with E-state index in [4.69, 9.17) is 14.5 Å². The molecule has 1 aromatic carbocycles. The summed E-state index contributed by atoms with van der Waals surface area (Å²) in [6.45, 7) is 17.0. The Morgan fingerprint density at radius 1 is 1.12 bits per heavy atom. The van der Waals surface area contributed by atoms with Gasteiger partial charge in [-0.25, -0.2) is 4.99 Å². The second kappa shape index (κ2) is 14.3. The van der Waals surface area contributed by atoms with Gasteiger partial charge in [0.15, 0.2) is 5.96 Å². The molecule has 0 aliphatic carbocycles. The minimum absolute atomic E-state index is 0.492. The first-order valence-corrected chi connectivity index (χ1v) is 12.1. The van der Waals surface area contributed by atoms with Crippen molar-refractivity contribution >= 4 is 5.96 Å². The Labute approximate surface area is 195 Å². The lowest BCUT2D eigenvalue weighted by molar-refractivity contribution is 0.0900. The van der Waals surface area contributed by atoms with Gasteiger partial charge in [0.2, 0.25) is 0 Å². The number of guanidine groups is 1. The van der Waals surface area contributed by atoms with E-state index in [2.05, 4.69) is 73.4 Å². The van der Waals surface area contributed by atoms with Gasteiger partial charge in [-0.2, -0.15) is 0 Å². The lowest BCUT2D eigenvalue weighted by atomic mass is 10.0. The van der Waals surface area contributed by atoms with Gasteiger partial charge in [0.05, 0.1) is 13.2 Å². The molecule has 0 radical (unpaired) electrons. The van der Waals surface area contributed by atoms with Gasteiger partial charge >= 0.3 is 0 Å². The zero-order valence-corrected chi connectivity index (χ0v) is 21.1. The Morgan fingerprint density at radius 2 is 1.88 bits per heavy atom. The van der Waals surface area contributed by atoms with E-state index < -0.39 is 0 Å². The molecule has 7 nitrogen and oxygen atoms in total. The molecule has 2 rings (SSSR count). The van der Waals surface area contributed by atoms with E-state index in [0.717, 1.165) is 63.0 Å². The van der Waals surface area contributed by atoms with Crippen LogP contribution in [0, 0.1) is 12.8 Å². The standard InChI is InChI=1S/C25H45N5O2/c1-7-26-25(28-19-23(20(2)3)30-13-11-29(5)12-14-30)27-18-22-10-9-21(4)17-24(22)32-16-8-15-31-6/h9-10,17,20,23H,7-8,11-16,18-19H2,1-6H3,(H2,26,27,28). The van der Waals surface area contributed by atoms with E-state index in [1.807, 2.05) is 0 Å². The Balaban J connectivity index is 2.01. The summed E-state index contributed by atoms with van der Waals surface area (Å²) in [5.41, 5.74) is 2.29. The minimum Gasteiger partial charge on any atom is -0.493 e. The lowest BCUT2D eigenvalue weighted by Crippen LogP contribution is -2.55. The maximum atomic E-state index is 6.03. The molecule has 32 heavy (non-hydrogen) atoms. The Hall–Kier alpha value is -1.83. The molecule has 1 fully saturated rings. The summed E-state index contributed by atoms with van der Waals surface area (Å²) in [4.78, 5) is 9.89. The highest BCUT2D eigenvalue weighted by Crippen LogP contribution is 2.21. The zero-order valence-electron chi connectivity index (χ0n) is 21.1. The number of piperazine rings is 1. The summed E-state index contributed by atoms with van der Waals surface area (Å²) in [6.07, 6.45) is 0.875. The van der Waals surface area contributed by atoms with Crippen molar-refractivity contribution in [1.29, 1.82) is 0 Å². The molecule has 0 aromatic heterocycles. The van der Waals surface area contributed by atoms with Crippen molar-refractivity contribution < 1.29 is 9.47 Å². The van der Waals surface area contributed by atoms with E-state index in [-0.39, 0.29) is 0 Å². The van der Waals surface area contributed by atoms with Crippen molar-refractivity contribution in [2.75, 3.05) is 66.6 Å². The predicted octanol–water partition coefficient (Wildman–Crippen LogP) is 2.74. The minimum atomic E-state index is 0.492. The number of aliphatic imine (C=N–C) groups is 1. The summed E-state index contributed by atoms with van der Waals surface area (Å²) in [5, 5.41) is 7.00. The fraction of sp³-hybridized carbons (Fsp3) is 0.720. The maximum absolute atomic E-state index is 6.03. The zero-order chi connectivity index (χ0) is 23.3. The van der Waals surface area contributed by atoms with Crippen LogP contribution in [0.4, 0.5) is 0 Å². The van der Waals surface area contributed by atoms with Gasteiger partial charge in [0.1, 0.15) is 5.75 Å². The van der Waals surface area contributed by atoms with Crippen molar-refractivity contribution in [3.05, 3.63) is 29.3 Å². The molecule has 1 aliphatic heterocycles. The smallest absolute Gasteiger partial charge is 0.191 e. The summed E-state index contributed by atoms with van der Waals surface area (Å²) in [5.74, 6) is 2.36. The summed E-state index contributed by atoms with van der Waals surface area (Å²) >= 11 is 0. The van der Waals surface area contributed by atoms with Crippen molar-refractivity contribution in [2.45, 2.75) is 46.7 Å².